The molecular formula is C28H28N6O3. The van der Waals surface area contributed by atoms with Gasteiger partial charge < -0.3 is 25.4 Å². The molecular weight excluding hydrogens is 468 g/mol. The van der Waals surface area contributed by atoms with Gasteiger partial charge in [-0.15, -0.1) is 5.10 Å². The van der Waals surface area contributed by atoms with E-state index in [1.54, 1.807) is 48.2 Å². The van der Waals surface area contributed by atoms with Crippen molar-refractivity contribution in [3.8, 4) is 22.9 Å². The Morgan fingerprint density at radius 1 is 1.05 bits per heavy atom. The molecule has 0 aliphatic carbocycles. The number of fused-ring (bicyclic) bond motifs is 1. The minimum atomic E-state index is -0.575. The number of aromatic hydroxyl groups is 1. The first kappa shape index (κ1) is 23.9. The number of para-hydroxylation sites is 2. The minimum Gasteiger partial charge on any atom is -0.508 e. The lowest BCUT2D eigenvalue weighted by Crippen LogP contribution is -2.31. The highest BCUT2D eigenvalue weighted by Gasteiger charge is 2.34. The highest BCUT2D eigenvalue weighted by molar-refractivity contribution is 6.06. The quantitative estimate of drug-likeness (QED) is 0.357. The van der Waals surface area contributed by atoms with Crippen molar-refractivity contribution < 1.29 is 14.6 Å². The van der Waals surface area contributed by atoms with Gasteiger partial charge in [0.05, 0.1) is 18.4 Å². The van der Waals surface area contributed by atoms with Crippen molar-refractivity contribution in [3.63, 3.8) is 0 Å². The zero-order valence-electron chi connectivity index (χ0n) is 21.1. The molecule has 2 heterocycles. The second kappa shape index (κ2) is 9.69. The Balaban J connectivity index is 1.57. The SMILES string of the molecule is COc1ccccc1NC(=O)C1=C(C)Nc2nc(-c3ccc(N(C)C)cc3)nn2C1c1ccc(O)cc1. The summed E-state index contributed by atoms with van der Waals surface area (Å²) in [4.78, 5) is 20.5. The van der Waals surface area contributed by atoms with Crippen LogP contribution in [0.1, 0.15) is 18.5 Å². The summed E-state index contributed by atoms with van der Waals surface area (Å²) in [5.41, 5.74) is 4.40. The van der Waals surface area contributed by atoms with Gasteiger partial charge in [-0.3, -0.25) is 4.79 Å². The fourth-order valence-corrected chi connectivity index (χ4v) is 4.38. The number of carbonyl (C=O) groups excluding carboxylic acids is 1. The predicted molar refractivity (Wildman–Crippen MR) is 144 cm³/mol. The van der Waals surface area contributed by atoms with Crippen molar-refractivity contribution in [1.29, 1.82) is 0 Å². The number of allylic oxidation sites excluding steroid dienone is 1. The Labute approximate surface area is 215 Å². The van der Waals surface area contributed by atoms with E-state index >= 15 is 0 Å². The van der Waals surface area contributed by atoms with E-state index in [1.165, 1.54) is 0 Å². The highest BCUT2D eigenvalue weighted by Crippen LogP contribution is 2.38. The number of methoxy groups -OCH3 is 1. The van der Waals surface area contributed by atoms with Crippen molar-refractivity contribution in [2.75, 3.05) is 36.7 Å². The minimum absolute atomic E-state index is 0.138. The number of ether oxygens (including phenoxy) is 1. The molecule has 1 aliphatic rings. The molecule has 37 heavy (non-hydrogen) atoms. The van der Waals surface area contributed by atoms with E-state index in [9.17, 15) is 9.90 Å². The molecule has 188 valence electrons. The number of anilines is 3. The van der Waals surface area contributed by atoms with Crippen molar-refractivity contribution in [3.05, 3.63) is 89.6 Å². The predicted octanol–water partition coefficient (Wildman–Crippen LogP) is 4.65. The Kier molecular flexibility index (Phi) is 6.27. The van der Waals surface area contributed by atoms with Gasteiger partial charge in [0.2, 0.25) is 5.95 Å². The molecule has 0 radical (unpaired) electrons. The van der Waals surface area contributed by atoms with Gasteiger partial charge in [-0.25, -0.2) is 4.68 Å². The number of rotatable bonds is 6. The maximum Gasteiger partial charge on any atom is 0.255 e. The Morgan fingerprint density at radius 2 is 1.76 bits per heavy atom. The average Bonchev–Trinajstić information content (AvgIpc) is 3.32. The van der Waals surface area contributed by atoms with E-state index in [2.05, 4.69) is 10.6 Å². The summed E-state index contributed by atoms with van der Waals surface area (Å²) in [6.07, 6.45) is 0. The molecule has 0 spiro atoms. The van der Waals surface area contributed by atoms with Gasteiger partial charge in [0.1, 0.15) is 17.5 Å². The summed E-state index contributed by atoms with van der Waals surface area (Å²) < 4.78 is 7.13. The van der Waals surface area contributed by atoms with E-state index in [4.69, 9.17) is 14.8 Å². The van der Waals surface area contributed by atoms with E-state index in [-0.39, 0.29) is 11.7 Å². The summed E-state index contributed by atoms with van der Waals surface area (Å²) in [5, 5.41) is 20.9. The first-order chi connectivity index (χ1) is 17.9. The zero-order chi connectivity index (χ0) is 26.1. The maximum atomic E-state index is 13.7. The Bertz CT molecular complexity index is 1470. The van der Waals surface area contributed by atoms with Gasteiger partial charge in [-0.05, 0) is 61.0 Å². The molecule has 0 fully saturated rings. The Hall–Kier alpha value is -4.79. The molecule has 1 amide bonds. The van der Waals surface area contributed by atoms with Crippen LogP contribution in [0.5, 0.6) is 11.5 Å². The van der Waals surface area contributed by atoms with Crippen LogP contribution < -0.4 is 20.3 Å². The molecule has 4 aromatic rings. The lowest BCUT2D eigenvalue weighted by atomic mass is 9.95. The second-order valence-corrected chi connectivity index (χ2v) is 8.96. The standard InChI is InChI=1S/C28H28N6O3/c1-17-24(27(36)30-22-7-5-6-8-23(22)37-4)25(18-11-15-21(35)16-12-18)34-28(29-17)31-26(32-34)19-9-13-20(14-10-19)33(2)3/h5-16,25,35H,1-4H3,(H,30,36)(H,29,31,32). The number of hydrogen-bond donors (Lipinski definition) is 3. The number of phenols is 1. The van der Waals surface area contributed by atoms with E-state index < -0.39 is 6.04 Å². The monoisotopic (exact) mass is 496 g/mol. The molecule has 0 bridgehead atoms. The van der Waals surface area contributed by atoms with Crippen LogP contribution in [0.4, 0.5) is 17.3 Å². The third-order valence-electron chi connectivity index (χ3n) is 6.30. The highest BCUT2D eigenvalue weighted by atomic mass is 16.5. The molecule has 1 aromatic heterocycles. The summed E-state index contributed by atoms with van der Waals surface area (Å²) >= 11 is 0. The number of nitrogens with zero attached hydrogens (tertiary/aromatic N) is 4. The van der Waals surface area contributed by atoms with Crippen LogP contribution in [-0.4, -0.2) is 47.0 Å². The Morgan fingerprint density at radius 3 is 2.43 bits per heavy atom. The van der Waals surface area contributed by atoms with Crippen LogP contribution in [0.15, 0.2) is 84.1 Å². The van der Waals surface area contributed by atoms with Crippen molar-refractivity contribution in [1.82, 2.24) is 14.8 Å². The molecule has 9 heteroatoms. The molecule has 1 aliphatic heterocycles. The molecule has 0 saturated heterocycles. The van der Waals surface area contributed by atoms with Crippen LogP contribution in [0.2, 0.25) is 0 Å². The van der Waals surface area contributed by atoms with E-state index in [1.807, 2.05) is 62.3 Å². The zero-order valence-corrected chi connectivity index (χ0v) is 21.1. The molecule has 3 aromatic carbocycles. The van der Waals surface area contributed by atoms with Crippen LogP contribution >= 0.6 is 0 Å². The number of aromatic nitrogens is 3. The van der Waals surface area contributed by atoms with Crippen molar-refractivity contribution in [2.45, 2.75) is 13.0 Å². The largest absolute Gasteiger partial charge is 0.508 e. The van der Waals surface area contributed by atoms with Crippen LogP contribution in [-0.2, 0) is 4.79 Å². The second-order valence-electron chi connectivity index (χ2n) is 8.96. The molecule has 0 saturated carbocycles. The number of nitrogens with one attached hydrogen (secondary N) is 2. The first-order valence-electron chi connectivity index (χ1n) is 11.8. The number of benzene rings is 3. The first-order valence-corrected chi connectivity index (χ1v) is 11.8. The van der Waals surface area contributed by atoms with Gasteiger partial charge in [0, 0.05) is 31.0 Å². The van der Waals surface area contributed by atoms with Crippen LogP contribution in [0.3, 0.4) is 0 Å². The van der Waals surface area contributed by atoms with Gasteiger partial charge >= 0.3 is 0 Å². The lowest BCUT2D eigenvalue weighted by molar-refractivity contribution is -0.113. The third kappa shape index (κ3) is 4.58. The molecule has 1 unspecified atom stereocenters. The average molecular weight is 497 g/mol. The van der Waals surface area contributed by atoms with E-state index in [0.29, 0.717) is 34.5 Å². The van der Waals surface area contributed by atoms with E-state index in [0.717, 1.165) is 16.8 Å². The van der Waals surface area contributed by atoms with Gasteiger partial charge in [0.25, 0.3) is 5.91 Å². The van der Waals surface area contributed by atoms with Gasteiger partial charge in [0.15, 0.2) is 5.82 Å². The third-order valence-corrected chi connectivity index (χ3v) is 6.30. The summed E-state index contributed by atoms with van der Waals surface area (Å²) in [6, 6.07) is 21.4. The number of carbonyl (C=O) groups is 1. The number of amides is 1. The lowest BCUT2D eigenvalue weighted by Gasteiger charge is -2.28. The smallest absolute Gasteiger partial charge is 0.255 e. The summed E-state index contributed by atoms with van der Waals surface area (Å²) in [5.74, 6) is 1.46. The fourth-order valence-electron chi connectivity index (χ4n) is 4.38. The van der Waals surface area contributed by atoms with Crippen LogP contribution in [0.25, 0.3) is 11.4 Å². The number of hydrogen-bond acceptors (Lipinski definition) is 7. The van der Waals surface area contributed by atoms with Crippen molar-refractivity contribution >= 4 is 23.2 Å². The van der Waals surface area contributed by atoms with Gasteiger partial charge in [-0.1, -0.05) is 24.3 Å². The summed E-state index contributed by atoms with van der Waals surface area (Å²) in [6.45, 7) is 1.84. The summed E-state index contributed by atoms with van der Waals surface area (Å²) in [7, 11) is 5.53. The molecule has 1 atom stereocenters. The molecule has 9 nitrogen and oxygen atoms in total. The van der Waals surface area contributed by atoms with Crippen LogP contribution in [0, 0.1) is 0 Å². The van der Waals surface area contributed by atoms with Crippen molar-refractivity contribution in [2.24, 2.45) is 0 Å². The fraction of sp³-hybridized carbons (Fsp3) is 0.179. The number of phenolic OH excluding ortho intramolecular Hbond substituents is 1. The topological polar surface area (TPSA) is 105 Å². The normalized spacial score (nSPS) is 14.5. The maximum absolute atomic E-state index is 13.7. The molecule has 5 rings (SSSR count). The van der Waals surface area contributed by atoms with Gasteiger partial charge in [-0.2, -0.15) is 4.98 Å². The molecule has 3 N–H and O–H groups in total.